The highest BCUT2D eigenvalue weighted by atomic mass is 16.2. The third-order valence-electron chi connectivity index (χ3n) is 4.40. The van der Waals surface area contributed by atoms with Gasteiger partial charge in [0.15, 0.2) is 0 Å². The van der Waals surface area contributed by atoms with E-state index in [1.54, 1.807) is 17.0 Å². The quantitative estimate of drug-likeness (QED) is 0.888. The largest absolute Gasteiger partial charge is 0.343 e. The van der Waals surface area contributed by atoms with Gasteiger partial charge in [-0.05, 0) is 38.0 Å². The van der Waals surface area contributed by atoms with Crippen LogP contribution in [0.2, 0.25) is 0 Å². The molecule has 0 atom stereocenters. The van der Waals surface area contributed by atoms with Crippen LogP contribution in [0.1, 0.15) is 35.3 Å². The Morgan fingerprint density at radius 1 is 1.08 bits per heavy atom. The van der Waals surface area contributed by atoms with Crippen LogP contribution in [0.25, 0.3) is 0 Å². The zero-order chi connectivity index (χ0) is 18.5. The number of rotatable bonds is 5. The highest BCUT2D eigenvalue weighted by Crippen LogP contribution is 2.10. The molecule has 2 heterocycles. The monoisotopic (exact) mass is 354 g/mol. The molecule has 0 saturated carbocycles. The number of aryl methyl sites for hydroxylation is 2. The number of hydrogen-bond acceptors (Lipinski definition) is 4. The molecule has 0 spiro atoms. The van der Waals surface area contributed by atoms with Crippen LogP contribution in [0.3, 0.4) is 0 Å². The molecule has 0 radical (unpaired) electrons. The first-order valence-corrected chi connectivity index (χ1v) is 8.77. The summed E-state index contributed by atoms with van der Waals surface area (Å²) in [7, 11) is 0. The number of likely N-dealkylation sites (tertiary alicyclic amines) is 1. The Bertz CT molecular complexity index is 852. The topological polar surface area (TPSA) is 84.3 Å². The maximum Gasteiger partial charge on any atom is 0.276 e. The molecule has 0 aliphatic carbocycles. The van der Waals surface area contributed by atoms with Crippen LogP contribution in [0.4, 0.5) is 5.69 Å². The summed E-state index contributed by atoms with van der Waals surface area (Å²) in [6, 6.07) is 10.1. The SMILES string of the molecule is Cc1ccc(NC(=O)c2ccc(=O)n(CCC(=O)N3CCCC3)n2)cc1. The molecule has 1 aromatic carbocycles. The molecule has 136 valence electrons. The second kappa shape index (κ2) is 7.95. The molecular formula is C19H22N4O3. The van der Waals surface area contributed by atoms with Crippen LogP contribution >= 0.6 is 0 Å². The Morgan fingerprint density at radius 3 is 2.46 bits per heavy atom. The average Bonchev–Trinajstić information content (AvgIpc) is 3.17. The fourth-order valence-electron chi connectivity index (χ4n) is 2.89. The van der Waals surface area contributed by atoms with Crippen molar-refractivity contribution in [3.8, 4) is 0 Å². The van der Waals surface area contributed by atoms with Crippen molar-refractivity contribution in [1.29, 1.82) is 0 Å². The normalized spacial score (nSPS) is 13.7. The van der Waals surface area contributed by atoms with Gasteiger partial charge in [-0.25, -0.2) is 4.68 Å². The molecular weight excluding hydrogens is 332 g/mol. The van der Waals surface area contributed by atoms with Gasteiger partial charge < -0.3 is 10.2 Å². The summed E-state index contributed by atoms with van der Waals surface area (Å²) in [5.74, 6) is -0.376. The molecule has 1 fully saturated rings. The predicted octanol–water partition coefficient (Wildman–Crippen LogP) is 1.82. The van der Waals surface area contributed by atoms with Crippen molar-refractivity contribution in [1.82, 2.24) is 14.7 Å². The van der Waals surface area contributed by atoms with Crippen LogP contribution in [-0.4, -0.2) is 39.6 Å². The van der Waals surface area contributed by atoms with Crippen LogP contribution in [-0.2, 0) is 11.3 Å². The Balaban J connectivity index is 1.66. The number of nitrogens with zero attached hydrogens (tertiary/aromatic N) is 3. The van der Waals surface area contributed by atoms with E-state index in [2.05, 4.69) is 10.4 Å². The number of benzene rings is 1. The molecule has 7 heteroatoms. The van der Waals surface area contributed by atoms with E-state index in [-0.39, 0.29) is 30.1 Å². The lowest BCUT2D eigenvalue weighted by atomic mass is 10.2. The van der Waals surface area contributed by atoms with Crippen molar-refractivity contribution >= 4 is 17.5 Å². The predicted molar refractivity (Wildman–Crippen MR) is 98.1 cm³/mol. The van der Waals surface area contributed by atoms with Crippen molar-refractivity contribution in [2.75, 3.05) is 18.4 Å². The van der Waals surface area contributed by atoms with Crippen molar-refractivity contribution in [3.63, 3.8) is 0 Å². The smallest absolute Gasteiger partial charge is 0.276 e. The highest BCUT2D eigenvalue weighted by Gasteiger charge is 2.18. The number of hydrogen-bond donors (Lipinski definition) is 1. The van der Waals surface area contributed by atoms with Crippen LogP contribution in [0, 0.1) is 6.92 Å². The Hall–Kier alpha value is -2.96. The minimum Gasteiger partial charge on any atom is -0.343 e. The molecule has 3 rings (SSSR count). The second-order valence-corrected chi connectivity index (χ2v) is 6.44. The zero-order valence-corrected chi connectivity index (χ0v) is 14.8. The molecule has 1 aliphatic rings. The van der Waals surface area contributed by atoms with E-state index in [0.29, 0.717) is 5.69 Å². The van der Waals surface area contributed by atoms with E-state index in [9.17, 15) is 14.4 Å². The molecule has 1 N–H and O–H groups in total. The highest BCUT2D eigenvalue weighted by molar-refractivity contribution is 6.02. The molecule has 2 amide bonds. The number of nitrogens with one attached hydrogen (secondary N) is 1. The molecule has 0 unspecified atom stereocenters. The van der Waals surface area contributed by atoms with E-state index in [1.807, 2.05) is 19.1 Å². The molecule has 26 heavy (non-hydrogen) atoms. The van der Waals surface area contributed by atoms with Crippen molar-refractivity contribution in [3.05, 3.63) is 58.0 Å². The standard InChI is InChI=1S/C19H22N4O3/c1-14-4-6-15(7-5-14)20-19(26)16-8-9-18(25)23(21-16)13-10-17(24)22-11-2-3-12-22/h4-9H,2-3,10-13H2,1H3,(H,20,26). The zero-order valence-electron chi connectivity index (χ0n) is 14.8. The number of carbonyl (C=O) groups is 2. The van der Waals surface area contributed by atoms with Crippen molar-refractivity contribution in [2.45, 2.75) is 32.7 Å². The van der Waals surface area contributed by atoms with Gasteiger partial charge in [0.05, 0.1) is 6.54 Å². The van der Waals surface area contributed by atoms with Gasteiger partial charge in [-0.15, -0.1) is 0 Å². The molecule has 1 saturated heterocycles. The van der Waals surface area contributed by atoms with Gasteiger partial charge in [0.2, 0.25) is 5.91 Å². The molecule has 7 nitrogen and oxygen atoms in total. The minimum absolute atomic E-state index is 0.0192. The van der Waals surface area contributed by atoms with Crippen molar-refractivity contribution < 1.29 is 9.59 Å². The van der Waals surface area contributed by atoms with Gasteiger partial charge in [0.1, 0.15) is 5.69 Å². The summed E-state index contributed by atoms with van der Waals surface area (Å²) in [4.78, 5) is 38.2. The lowest BCUT2D eigenvalue weighted by Crippen LogP contribution is -2.31. The Morgan fingerprint density at radius 2 is 1.77 bits per heavy atom. The van der Waals surface area contributed by atoms with E-state index in [1.165, 1.54) is 16.8 Å². The summed E-state index contributed by atoms with van der Waals surface area (Å²) >= 11 is 0. The Labute approximate surface area is 151 Å². The van der Waals surface area contributed by atoms with Gasteiger partial charge in [0.25, 0.3) is 11.5 Å². The van der Waals surface area contributed by atoms with E-state index in [0.717, 1.165) is 31.5 Å². The van der Waals surface area contributed by atoms with E-state index < -0.39 is 5.91 Å². The van der Waals surface area contributed by atoms with Crippen molar-refractivity contribution in [2.24, 2.45) is 0 Å². The first-order valence-electron chi connectivity index (χ1n) is 8.77. The fourth-order valence-corrected chi connectivity index (χ4v) is 2.89. The molecule has 1 aliphatic heterocycles. The fraction of sp³-hybridized carbons (Fsp3) is 0.368. The van der Waals surface area contributed by atoms with Gasteiger partial charge in [-0.2, -0.15) is 5.10 Å². The third-order valence-corrected chi connectivity index (χ3v) is 4.40. The van der Waals surface area contributed by atoms with E-state index in [4.69, 9.17) is 0 Å². The van der Waals surface area contributed by atoms with Gasteiger partial charge in [-0.1, -0.05) is 17.7 Å². The molecule has 1 aromatic heterocycles. The minimum atomic E-state index is -0.395. The maximum atomic E-state index is 12.3. The average molecular weight is 354 g/mol. The summed E-state index contributed by atoms with van der Waals surface area (Å²) in [5.41, 5.74) is 1.56. The summed E-state index contributed by atoms with van der Waals surface area (Å²) in [5, 5.41) is 6.86. The van der Waals surface area contributed by atoms with E-state index >= 15 is 0 Å². The lowest BCUT2D eigenvalue weighted by molar-refractivity contribution is -0.130. The molecule has 2 aromatic rings. The van der Waals surface area contributed by atoms with Crippen LogP contribution < -0.4 is 10.9 Å². The third kappa shape index (κ3) is 4.36. The van der Waals surface area contributed by atoms with Gasteiger partial charge >= 0.3 is 0 Å². The first-order chi connectivity index (χ1) is 12.5. The summed E-state index contributed by atoms with van der Waals surface area (Å²) < 4.78 is 1.18. The lowest BCUT2D eigenvalue weighted by Gasteiger charge is -2.15. The van der Waals surface area contributed by atoms with Crippen LogP contribution in [0.15, 0.2) is 41.2 Å². The van der Waals surface area contributed by atoms with Crippen LogP contribution in [0.5, 0.6) is 0 Å². The number of amides is 2. The number of aromatic nitrogens is 2. The Kier molecular flexibility index (Phi) is 5.46. The summed E-state index contributed by atoms with van der Waals surface area (Å²) in [6.07, 6.45) is 2.26. The second-order valence-electron chi connectivity index (χ2n) is 6.44. The van der Waals surface area contributed by atoms with Gasteiger partial charge in [-0.3, -0.25) is 14.4 Å². The number of anilines is 1. The first kappa shape index (κ1) is 17.8. The number of carbonyl (C=O) groups excluding carboxylic acids is 2. The molecule has 0 bridgehead atoms. The van der Waals surface area contributed by atoms with Gasteiger partial charge in [0, 0.05) is 31.3 Å². The summed E-state index contributed by atoms with van der Waals surface area (Å²) in [6.45, 7) is 3.69. The maximum absolute atomic E-state index is 12.3.